The molecule has 0 saturated heterocycles. The highest BCUT2D eigenvalue weighted by Gasteiger charge is 2.15. The summed E-state index contributed by atoms with van der Waals surface area (Å²) in [6.45, 7) is 7.34. The number of nitrogens with two attached hydrogens (primary N) is 1. The average Bonchev–Trinajstić information content (AvgIpc) is 2.46. The molecule has 0 unspecified atom stereocenters. The normalized spacial score (nSPS) is 12.0. The summed E-state index contributed by atoms with van der Waals surface area (Å²) >= 11 is 5.94. The lowest BCUT2D eigenvalue weighted by atomic mass is 10.2. The number of hydrogen-bond donors (Lipinski definition) is 2. The predicted octanol–water partition coefficient (Wildman–Crippen LogP) is 1.81. The van der Waals surface area contributed by atoms with Gasteiger partial charge in [0.2, 0.25) is 10.0 Å². The number of rotatable bonds is 9. The quantitative estimate of drug-likeness (QED) is 0.722. The van der Waals surface area contributed by atoms with E-state index in [2.05, 4.69) is 23.5 Å². The highest BCUT2D eigenvalue weighted by Crippen LogP contribution is 2.19. The van der Waals surface area contributed by atoms with Crippen LogP contribution in [0, 0.1) is 0 Å². The standard InChI is InChI=1S/C14H24ClN3O2S/c1-3-8-18(4-2)9-7-17-21(19,20)13-5-6-14(15)12(10-13)11-16/h5-6,10,17H,3-4,7-9,11,16H2,1-2H3. The zero-order valence-corrected chi connectivity index (χ0v) is 14.2. The van der Waals surface area contributed by atoms with Crippen LogP contribution in [0.25, 0.3) is 0 Å². The molecule has 0 aliphatic carbocycles. The van der Waals surface area contributed by atoms with Crippen molar-refractivity contribution in [2.24, 2.45) is 5.73 Å². The highest BCUT2D eigenvalue weighted by atomic mass is 35.5. The SMILES string of the molecule is CCCN(CC)CCNS(=O)(=O)c1ccc(Cl)c(CN)c1. The molecule has 0 atom stereocenters. The van der Waals surface area contributed by atoms with E-state index in [1.807, 2.05) is 0 Å². The van der Waals surface area contributed by atoms with Crippen LogP contribution < -0.4 is 10.5 Å². The van der Waals surface area contributed by atoms with Crippen molar-refractivity contribution >= 4 is 21.6 Å². The first-order valence-corrected chi connectivity index (χ1v) is 9.01. The van der Waals surface area contributed by atoms with Crippen molar-refractivity contribution in [2.75, 3.05) is 26.2 Å². The van der Waals surface area contributed by atoms with Crippen LogP contribution in [0.4, 0.5) is 0 Å². The Balaban J connectivity index is 2.69. The van der Waals surface area contributed by atoms with Crippen LogP contribution in [0.1, 0.15) is 25.8 Å². The van der Waals surface area contributed by atoms with Gasteiger partial charge in [-0.05, 0) is 43.3 Å². The van der Waals surface area contributed by atoms with Gasteiger partial charge in [-0.2, -0.15) is 0 Å². The average molecular weight is 334 g/mol. The van der Waals surface area contributed by atoms with Gasteiger partial charge in [0.05, 0.1) is 4.90 Å². The number of likely N-dealkylation sites (N-methyl/N-ethyl adjacent to an activating group) is 1. The maximum absolute atomic E-state index is 12.2. The van der Waals surface area contributed by atoms with E-state index in [9.17, 15) is 8.42 Å². The number of nitrogens with zero attached hydrogens (tertiary/aromatic N) is 1. The first-order valence-electron chi connectivity index (χ1n) is 7.15. The summed E-state index contributed by atoms with van der Waals surface area (Å²) < 4.78 is 27.1. The number of nitrogens with one attached hydrogen (secondary N) is 1. The Hall–Kier alpha value is -0.660. The highest BCUT2D eigenvalue weighted by molar-refractivity contribution is 7.89. The molecule has 3 N–H and O–H groups in total. The molecule has 1 aromatic rings. The van der Waals surface area contributed by atoms with Gasteiger partial charge in [-0.1, -0.05) is 25.4 Å². The molecule has 1 aromatic carbocycles. The first kappa shape index (κ1) is 18.4. The van der Waals surface area contributed by atoms with Crippen molar-refractivity contribution in [3.05, 3.63) is 28.8 Å². The molecule has 5 nitrogen and oxygen atoms in total. The molecular formula is C14H24ClN3O2S. The number of hydrogen-bond acceptors (Lipinski definition) is 4. The van der Waals surface area contributed by atoms with E-state index < -0.39 is 10.0 Å². The monoisotopic (exact) mass is 333 g/mol. The molecule has 0 heterocycles. The Morgan fingerprint density at radius 2 is 2.00 bits per heavy atom. The second kappa shape index (κ2) is 8.70. The topological polar surface area (TPSA) is 75.4 Å². The van der Waals surface area contributed by atoms with Crippen molar-refractivity contribution in [3.63, 3.8) is 0 Å². The minimum Gasteiger partial charge on any atom is -0.326 e. The smallest absolute Gasteiger partial charge is 0.240 e. The molecule has 0 spiro atoms. The van der Waals surface area contributed by atoms with Crippen LogP contribution in [0.2, 0.25) is 5.02 Å². The van der Waals surface area contributed by atoms with Crippen LogP contribution in [-0.2, 0) is 16.6 Å². The fourth-order valence-electron chi connectivity index (χ4n) is 2.04. The lowest BCUT2D eigenvalue weighted by Crippen LogP contribution is -2.35. The molecule has 0 aliphatic heterocycles. The second-order valence-electron chi connectivity index (χ2n) is 4.79. The third-order valence-electron chi connectivity index (χ3n) is 3.25. The van der Waals surface area contributed by atoms with Gasteiger partial charge in [0.25, 0.3) is 0 Å². The van der Waals surface area contributed by atoms with E-state index in [1.165, 1.54) is 12.1 Å². The van der Waals surface area contributed by atoms with Gasteiger partial charge in [0.1, 0.15) is 0 Å². The molecule has 0 saturated carbocycles. The predicted molar refractivity (Wildman–Crippen MR) is 86.9 cm³/mol. The Morgan fingerprint density at radius 1 is 1.29 bits per heavy atom. The van der Waals surface area contributed by atoms with Crippen molar-refractivity contribution in [1.82, 2.24) is 9.62 Å². The van der Waals surface area contributed by atoms with E-state index in [0.29, 0.717) is 23.7 Å². The molecule has 21 heavy (non-hydrogen) atoms. The maximum atomic E-state index is 12.2. The fourth-order valence-corrected chi connectivity index (χ4v) is 3.31. The summed E-state index contributed by atoms with van der Waals surface area (Å²) in [7, 11) is -3.52. The van der Waals surface area contributed by atoms with E-state index >= 15 is 0 Å². The molecule has 0 radical (unpaired) electrons. The summed E-state index contributed by atoms with van der Waals surface area (Å²) in [6.07, 6.45) is 1.05. The summed E-state index contributed by atoms with van der Waals surface area (Å²) in [5, 5.41) is 0.483. The van der Waals surface area contributed by atoms with Crippen LogP contribution in [0.5, 0.6) is 0 Å². The first-order chi connectivity index (χ1) is 9.94. The lowest BCUT2D eigenvalue weighted by Gasteiger charge is -2.19. The van der Waals surface area contributed by atoms with Gasteiger partial charge in [-0.3, -0.25) is 0 Å². The molecule has 0 aliphatic rings. The number of benzene rings is 1. The number of halogens is 1. The minimum atomic E-state index is -3.52. The second-order valence-corrected chi connectivity index (χ2v) is 6.96. The molecule has 0 bridgehead atoms. The maximum Gasteiger partial charge on any atom is 0.240 e. The van der Waals surface area contributed by atoms with Gasteiger partial charge in [-0.15, -0.1) is 0 Å². The minimum absolute atomic E-state index is 0.200. The van der Waals surface area contributed by atoms with Gasteiger partial charge >= 0.3 is 0 Å². The fraction of sp³-hybridized carbons (Fsp3) is 0.571. The zero-order valence-electron chi connectivity index (χ0n) is 12.6. The Bertz CT molecular complexity index is 549. The van der Waals surface area contributed by atoms with E-state index in [0.717, 1.165) is 19.5 Å². The van der Waals surface area contributed by atoms with Crippen molar-refractivity contribution in [1.29, 1.82) is 0 Å². The van der Waals surface area contributed by atoms with E-state index in [1.54, 1.807) is 6.07 Å². The van der Waals surface area contributed by atoms with Gasteiger partial charge in [-0.25, -0.2) is 13.1 Å². The largest absolute Gasteiger partial charge is 0.326 e. The third kappa shape index (κ3) is 5.56. The van der Waals surface area contributed by atoms with Crippen molar-refractivity contribution in [3.8, 4) is 0 Å². The zero-order chi connectivity index (χ0) is 15.9. The van der Waals surface area contributed by atoms with Crippen molar-refractivity contribution in [2.45, 2.75) is 31.7 Å². The summed E-state index contributed by atoms with van der Waals surface area (Å²) in [5.41, 5.74) is 6.17. The number of sulfonamides is 1. The molecule has 120 valence electrons. The van der Waals surface area contributed by atoms with E-state index in [-0.39, 0.29) is 11.4 Å². The van der Waals surface area contributed by atoms with Crippen molar-refractivity contribution < 1.29 is 8.42 Å². The molecule has 7 heteroatoms. The van der Waals surface area contributed by atoms with Crippen LogP contribution >= 0.6 is 11.6 Å². The van der Waals surface area contributed by atoms with Crippen LogP contribution in [0.15, 0.2) is 23.1 Å². The Kier molecular flexibility index (Phi) is 7.62. The van der Waals surface area contributed by atoms with Gasteiger partial charge in [0.15, 0.2) is 0 Å². The third-order valence-corrected chi connectivity index (χ3v) is 5.08. The molecule has 0 amide bonds. The summed E-state index contributed by atoms with van der Waals surface area (Å²) in [6, 6.07) is 4.58. The van der Waals surface area contributed by atoms with Gasteiger partial charge < -0.3 is 10.6 Å². The molecule has 0 fully saturated rings. The lowest BCUT2D eigenvalue weighted by molar-refractivity contribution is 0.293. The Morgan fingerprint density at radius 3 is 2.57 bits per heavy atom. The molecule has 1 rings (SSSR count). The molecule has 0 aromatic heterocycles. The Labute approximate surface area is 132 Å². The van der Waals surface area contributed by atoms with Gasteiger partial charge in [0, 0.05) is 24.7 Å². The summed E-state index contributed by atoms with van der Waals surface area (Å²) in [5.74, 6) is 0. The van der Waals surface area contributed by atoms with Crippen LogP contribution in [-0.4, -0.2) is 39.5 Å². The molecular weight excluding hydrogens is 310 g/mol. The summed E-state index contributed by atoms with van der Waals surface area (Å²) in [4.78, 5) is 2.40. The van der Waals surface area contributed by atoms with E-state index in [4.69, 9.17) is 17.3 Å². The van der Waals surface area contributed by atoms with Crippen LogP contribution in [0.3, 0.4) is 0 Å².